The zero-order chi connectivity index (χ0) is 31.1. The number of benzene rings is 4. The third-order valence-corrected chi connectivity index (χ3v) is 9.05. The predicted octanol–water partition coefficient (Wildman–Crippen LogP) is 5.02. The number of nitro benzene ring substituents is 2. The van der Waals surface area contributed by atoms with Gasteiger partial charge in [0.05, 0.1) is 46.0 Å². The van der Waals surface area contributed by atoms with Gasteiger partial charge < -0.3 is 13.9 Å². The van der Waals surface area contributed by atoms with Gasteiger partial charge in [0.1, 0.15) is 34.0 Å². The first kappa shape index (κ1) is 29.1. The maximum atomic E-state index is 13.2. The third-order valence-electron chi connectivity index (χ3n) is 6.32. The number of ether oxygens (including phenoxy) is 2. The zero-order valence-electron chi connectivity index (χ0n) is 22.1. The number of hydrogen-bond donors (Lipinski definition) is 2. The molecule has 0 atom stereocenters. The van der Waals surface area contributed by atoms with Crippen LogP contribution in [0.15, 0.2) is 87.0 Å². The molecule has 0 fully saturated rings. The first-order valence-electron chi connectivity index (χ1n) is 12.0. The second-order valence-corrected chi connectivity index (χ2v) is 12.3. The number of nitro groups is 2. The van der Waals surface area contributed by atoms with Gasteiger partial charge in [0.15, 0.2) is 0 Å². The number of nitrogens with zero attached hydrogens (tertiary/aromatic N) is 2. The van der Waals surface area contributed by atoms with Crippen LogP contribution >= 0.6 is 0 Å². The van der Waals surface area contributed by atoms with Crippen molar-refractivity contribution in [3.63, 3.8) is 0 Å². The van der Waals surface area contributed by atoms with Crippen molar-refractivity contribution in [1.82, 2.24) is 0 Å². The summed E-state index contributed by atoms with van der Waals surface area (Å²) >= 11 is 0. The van der Waals surface area contributed by atoms with Crippen molar-refractivity contribution in [3.05, 3.63) is 93.0 Å². The highest BCUT2D eigenvalue weighted by atomic mass is 32.2. The highest BCUT2D eigenvalue weighted by Gasteiger charge is 2.25. The summed E-state index contributed by atoms with van der Waals surface area (Å²) in [4.78, 5) is 20.9. The van der Waals surface area contributed by atoms with Crippen molar-refractivity contribution in [2.45, 2.75) is 9.79 Å². The molecule has 0 aliphatic heterocycles. The Kier molecular flexibility index (Phi) is 7.28. The van der Waals surface area contributed by atoms with Crippen LogP contribution in [-0.2, 0) is 20.0 Å². The summed E-state index contributed by atoms with van der Waals surface area (Å²) in [6, 6.07) is 14.9. The van der Waals surface area contributed by atoms with E-state index in [1.807, 2.05) is 0 Å². The van der Waals surface area contributed by atoms with E-state index in [9.17, 15) is 37.1 Å². The van der Waals surface area contributed by atoms with Crippen molar-refractivity contribution in [3.8, 4) is 11.5 Å². The van der Waals surface area contributed by atoms with Crippen molar-refractivity contribution >= 4 is 64.7 Å². The number of rotatable bonds is 10. The molecule has 1 aromatic heterocycles. The Morgan fingerprint density at radius 2 is 1.02 bits per heavy atom. The summed E-state index contributed by atoms with van der Waals surface area (Å²) in [6.45, 7) is 0. The SMILES string of the molecule is COc1ccc(NS(=O)(=O)c2ccc3oc4ccc(S(=O)(=O)Nc5ccc(OC)cc5[N+](=O)[O-])cc4c3c2)c([N+](=O)[O-])c1. The van der Waals surface area contributed by atoms with Crippen LogP contribution in [0.4, 0.5) is 22.7 Å². The molecule has 4 aromatic carbocycles. The minimum absolute atomic E-state index is 0.155. The van der Waals surface area contributed by atoms with Gasteiger partial charge in [-0.15, -0.1) is 0 Å². The number of anilines is 2. The van der Waals surface area contributed by atoms with E-state index in [1.165, 1.54) is 74.9 Å². The third kappa shape index (κ3) is 5.57. The van der Waals surface area contributed by atoms with E-state index >= 15 is 0 Å². The minimum Gasteiger partial charge on any atom is -0.496 e. The fraction of sp³-hybridized carbons (Fsp3) is 0.0769. The molecule has 0 aliphatic rings. The number of fused-ring (bicyclic) bond motifs is 3. The Labute approximate surface area is 243 Å². The average molecular weight is 629 g/mol. The van der Waals surface area contributed by atoms with Gasteiger partial charge in [-0.05, 0) is 60.7 Å². The zero-order valence-corrected chi connectivity index (χ0v) is 23.8. The summed E-state index contributed by atoms with van der Waals surface area (Å²) in [7, 11) is -6.12. The summed E-state index contributed by atoms with van der Waals surface area (Å²) < 4.78 is 73.0. The molecule has 0 unspecified atom stereocenters. The largest absolute Gasteiger partial charge is 0.496 e. The standard InChI is InChI=1S/C26H20N4O11S2/c1-39-15-3-7-21(23(11-15)29(31)32)27-42(35,36)17-5-9-25-19(13-17)20-14-18(6-10-26(20)41-25)43(37,38)28-22-8-4-16(40-2)12-24(22)30(33)34/h3-14,27-28H,1-2H3. The van der Waals surface area contributed by atoms with Gasteiger partial charge >= 0.3 is 0 Å². The monoisotopic (exact) mass is 628 g/mol. The van der Waals surface area contributed by atoms with E-state index in [2.05, 4.69) is 9.44 Å². The maximum Gasteiger partial charge on any atom is 0.297 e. The molecule has 0 bridgehead atoms. The summed E-state index contributed by atoms with van der Waals surface area (Å²) in [5.74, 6) is 0.311. The molecule has 0 radical (unpaired) electrons. The van der Waals surface area contributed by atoms with Gasteiger partial charge in [-0.1, -0.05) is 0 Å². The van der Waals surface area contributed by atoms with Crippen LogP contribution in [0.2, 0.25) is 0 Å². The van der Waals surface area contributed by atoms with E-state index in [0.29, 0.717) is 0 Å². The second kappa shape index (κ2) is 10.8. The van der Waals surface area contributed by atoms with E-state index in [0.717, 1.165) is 12.1 Å². The number of methoxy groups -OCH3 is 2. The lowest BCUT2D eigenvalue weighted by molar-refractivity contribution is -0.384. The average Bonchev–Trinajstić information content (AvgIpc) is 3.34. The first-order valence-corrected chi connectivity index (χ1v) is 15.0. The Morgan fingerprint density at radius 3 is 1.37 bits per heavy atom. The minimum atomic E-state index is -4.37. The molecule has 0 saturated carbocycles. The van der Waals surface area contributed by atoms with Crippen LogP contribution in [-0.4, -0.2) is 40.9 Å². The molecule has 0 amide bonds. The van der Waals surface area contributed by atoms with Crippen molar-refractivity contribution < 1.29 is 40.6 Å². The maximum absolute atomic E-state index is 13.2. The van der Waals surface area contributed by atoms with Gasteiger partial charge in [-0.25, -0.2) is 16.8 Å². The summed E-state index contributed by atoms with van der Waals surface area (Å²) in [5, 5.41) is 23.5. The van der Waals surface area contributed by atoms with Gasteiger partial charge in [-0.3, -0.25) is 29.7 Å². The Balaban J connectivity index is 1.54. The van der Waals surface area contributed by atoms with Gasteiger partial charge in [0.25, 0.3) is 31.4 Å². The molecule has 5 rings (SSSR count). The van der Waals surface area contributed by atoms with Crippen LogP contribution in [0.25, 0.3) is 21.9 Å². The lowest BCUT2D eigenvalue weighted by Gasteiger charge is -2.10. The van der Waals surface area contributed by atoms with Crippen LogP contribution < -0.4 is 18.9 Å². The lowest BCUT2D eigenvalue weighted by atomic mass is 10.1. The molecule has 0 aliphatic carbocycles. The van der Waals surface area contributed by atoms with Crippen molar-refractivity contribution in [1.29, 1.82) is 0 Å². The number of furan rings is 1. The molecule has 17 heteroatoms. The van der Waals surface area contributed by atoms with Gasteiger partial charge in [0.2, 0.25) is 0 Å². The smallest absolute Gasteiger partial charge is 0.297 e. The van der Waals surface area contributed by atoms with Crippen LogP contribution in [0, 0.1) is 20.2 Å². The van der Waals surface area contributed by atoms with E-state index in [-0.39, 0.29) is 54.6 Å². The Bertz CT molecular complexity index is 2010. The number of hydrogen-bond acceptors (Lipinski definition) is 11. The molecule has 222 valence electrons. The molecule has 5 aromatic rings. The molecular formula is C26H20N4O11S2. The lowest BCUT2D eigenvalue weighted by Crippen LogP contribution is -2.14. The quantitative estimate of drug-likeness (QED) is 0.155. The van der Waals surface area contributed by atoms with Crippen molar-refractivity contribution in [2.75, 3.05) is 23.7 Å². The molecule has 0 saturated heterocycles. The van der Waals surface area contributed by atoms with Gasteiger partial charge in [0, 0.05) is 10.8 Å². The molecular weight excluding hydrogens is 608 g/mol. The highest BCUT2D eigenvalue weighted by Crippen LogP contribution is 2.36. The topological polar surface area (TPSA) is 210 Å². The van der Waals surface area contributed by atoms with E-state index in [1.54, 1.807) is 0 Å². The molecule has 0 spiro atoms. The molecule has 15 nitrogen and oxygen atoms in total. The second-order valence-electron chi connectivity index (χ2n) is 8.91. The number of sulfonamides is 2. The van der Waals surface area contributed by atoms with Crippen LogP contribution in [0.5, 0.6) is 11.5 Å². The number of nitrogens with one attached hydrogen (secondary N) is 2. The fourth-order valence-corrected chi connectivity index (χ4v) is 6.43. The normalized spacial score (nSPS) is 11.8. The first-order chi connectivity index (χ1) is 20.3. The van der Waals surface area contributed by atoms with Gasteiger partial charge in [-0.2, -0.15) is 0 Å². The fourth-order valence-electron chi connectivity index (χ4n) is 4.23. The molecule has 43 heavy (non-hydrogen) atoms. The summed E-state index contributed by atoms with van der Waals surface area (Å²) in [6.07, 6.45) is 0. The molecule has 1 heterocycles. The van der Waals surface area contributed by atoms with E-state index < -0.39 is 41.3 Å². The van der Waals surface area contributed by atoms with E-state index in [4.69, 9.17) is 13.9 Å². The predicted molar refractivity (Wildman–Crippen MR) is 155 cm³/mol. The Morgan fingerprint density at radius 1 is 0.628 bits per heavy atom. The Hall–Kier alpha value is -5.42. The summed E-state index contributed by atoms with van der Waals surface area (Å²) in [5.41, 5.74) is -1.19. The molecule has 2 N–H and O–H groups in total. The van der Waals surface area contributed by atoms with Crippen molar-refractivity contribution in [2.24, 2.45) is 0 Å². The van der Waals surface area contributed by atoms with Crippen LogP contribution in [0.1, 0.15) is 0 Å². The van der Waals surface area contributed by atoms with Crippen LogP contribution in [0.3, 0.4) is 0 Å². The highest BCUT2D eigenvalue weighted by molar-refractivity contribution is 7.93.